The highest BCUT2D eigenvalue weighted by molar-refractivity contribution is 5.81. The van der Waals surface area contributed by atoms with E-state index in [1.54, 1.807) is 0 Å². The summed E-state index contributed by atoms with van der Waals surface area (Å²) in [4.78, 5) is 0. The van der Waals surface area contributed by atoms with Gasteiger partial charge in [-0.25, -0.2) is 0 Å². The predicted molar refractivity (Wildman–Crippen MR) is 102 cm³/mol. The molecule has 2 heteroatoms. The number of hydrogen-bond acceptors (Lipinski definition) is 2. The van der Waals surface area contributed by atoms with Crippen molar-refractivity contribution in [2.45, 2.75) is 27.2 Å². The quantitative estimate of drug-likeness (QED) is 0.565. The Morgan fingerprint density at radius 2 is 1.21 bits per heavy atom. The van der Waals surface area contributed by atoms with E-state index in [4.69, 9.17) is 9.47 Å². The monoisotopic (exact) mass is 322 g/mol. The minimum absolute atomic E-state index is 0.681. The fraction of sp³-hybridized carbons (Fsp3) is 0.273. The van der Waals surface area contributed by atoms with Gasteiger partial charge in [-0.1, -0.05) is 49.4 Å². The van der Waals surface area contributed by atoms with Crippen LogP contribution in [0.2, 0.25) is 0 Å². The Kier molecular flexibility index (Phi) is 7.16. The first-order valence-corrected chi connectivity index (χ1v) is 8.61. The highest BCUT2D eigenvalue weighted by Crippen LogP contribution is 2.27. The molecule has 0 amide bonds. The lowest BCUT2D eigenvalue weighted by atomic mass is 9.97. The standard InChI is InChI=1S/C22H26O2/c1-4-7-8-9-22(18-10-14-20(15-11-18)23-5-2)19-12-16-21(17-13-19)24-6-3/h7-17H,4-6H2,1-3H3/b8-7+. The van der Waals surface area contributed by atoms with Crippen LogP contribution < -0.4 is 9.47 Å². The number of hydrogen-bond donors (Lipinski definition) is 0. The van der Waals surface area contributed by atoms with Gasteiger partial charge >= 0.3 is 0 Å². The van der Waals surface area contributed by atoms with Crippen molar-refractivity contribution in [3.63, 3.8) is 0 Å². The van der Waals surface area contributed by atoms with Crippen LogP contribution in [0, 0.1) is 0 Å². The fourth-order valence-electron chi connectivity index (χ4n) is 2.45. The number of rotatable bonds is 8. The third-order valence-corrected chi connectivity index (χ3v) is 3.59. The fourth-order valence-corrected chi connectivity index (χ4v) is 2.45. The first-order valence-electron chi connectivity index (χ1n) is 8.61. The zero-order valence-electron chi connectivity index (χ0n) is 14.8. The summed E-state index contributed by atoms with van der Waals surface area (Å²) in [6.07, 6.45) is 7.45. The van der Waals surface area contributed by atoms with Crippen LogP contribution in [-0.4, -0.2) is 13.2 Å². The average molecular weight is 322 g/mol. The molecule has 126 valence electrons. The van der Waals surface area contributed by atoms with Gasteiger partial charge < -0.3 is 9.47 Å². The summed E-state index contributed by atoms with van der Waals surface area (Å²) < 4.78 is 11.1. The molecule has 24 heavy (non-hydrogen) atoms. The first kappa shape index (κ1) is 17.9. The van der Waals surface area contributed by atoms with Crippen LogP contribution in [-0.2, 0) is 0 Å². The summed E-state index contributed by atoms with van der Waals surface area (Å²) in [5, 5.41) is 0. The minimum Gasteiger partial charge on any atom is -0.494 e. The van der Waals surface area contributed by atoms with E-state index in [0.29, 0.717) is 13.2 Å². The molecule has 0 aliphatic carbocycles. The van der Waals surface area contributed by atoms with Gasteiger partial charge in [-0.05, 0) is 61.2 Å². The van der Waals surface area contributed by atoms with Gasteiger partial charge in [0.25, 0.3) is 0 Å². The van der Waals surface area contributed by atoms with E-state index in [1.807, 2.05) is 38.1 Å². The van der Waals surface area contributed by atoms with Crippen molar-refractivity contribution in [2.24, 2.45) is 0 Å². The number of benzene rings is 2. The van der Waals surface area contributed by atoms with Crippen LogP contribution in [0.4, 0.5) is 0 Å². The van der Waals surface area contributed by atoms with Gasteiger partial charge in [-0.3, -0.25) is 0 Å². The third kappa shape index (κ3) is 5.02. The largest absolute Gasteiger partial charge is 0.494 e. The Balaban J connectivity index is 2.33. The molecular weight excluding hydrogens is 296 g/mol. The van der Waals surface area contributed by atoms with E-state index in [-0.39, 0.29) is 0 Å². The van der Waals surface area contributed by atoms with Gasteiger partial charge in [-0.15, -0.1) is 0 Å². The molecule has 0 atom stereocenters. The summed E-state index contributed by atoms with van der Waals surface area (Å²) in [5.41, 5.74) is 3.53. The normalized spacial score (nSPS) is 10.6. The Morgan fingerprint density at radius 1 is 0.750 bits per heavy atom. The Hall–Kier alpha value is -2.48. The molecule has 2 nitrogen and oxygen atoms in total. The topological polar surface area (TPSA) is 18.5 Å². The molecule has 0 saturated heterocycles. The number of allylic oxidation sites excluding steroid dienone is 3. The summed E-state index contributed by atoms with van der Waals surface area (Å²) in [5.74, 6) is 1.80. The van der Waals surface area contributed by atoms with Gasteiger partial charge in [0.15, 0.2) is 0 Å². The SMILES string of the molecule is CC/C=C/C=C(c1ccc(OCC)cc1)c1ccc(OCC)cc1. The van der Waals surface area contributed by atoms with Crippen molar-refractivity contribution >= 4 is 5.57 Å². The molecule has 2 rings (SSSR count). The summed E-state index contributed by atoms with van der Waals surface area (Å²) in [6.45, 7) is 7.49. The van der Waals surface area contributed by atoms with Crippen molar-refractivity contribution in [3.05, 3.63) is 77.9 Å². The van der Waals surface area contributed by atoms with Crippen LogP contribution in [0.5, 0.6) is 11.5 Å². The van der Waals surface area contributed by atoms with Crippen LogP contribution in [0.3, 0.4) is 0 Å². The average Bonchev–Trinajstić information content (AvgIpc) is 2.61. The van der Waals surface area contributed by atoms with Gasteiger partial charge in [0.05, 0.1) is 13.2 Å². The van der Waals surface area contributed by atoms with Crippen molar-refractivity contribution < 1.29 is 9.47 Å². The summed E-state index contributed by atoms with van der Waals surface area (Å²) >= 11 is 0. The van der Waals surface area contributed by atoms with E-state index < -0.39 is 0 Å². The maximum absolute atomic E-state index is 5.54. The van der Waals surface area contributed by atoms with Crippen LogP contribution in [0.25, 0.3) is 5.57 Å². The first-order chi connectivity index (χ1) is 11.8. The predicted octanol–water partition coefficient (Wildman–Crippen LogP) is 5.88. The van der Waals surface area contributed by atoms with E-state index in [9.17, 15) is 0 Å². The molecule has 0 fully saturated rings. The highest BCUT2D eigenvalue weighted by atomic mass is 16.5. The van der Waals surface area contributed by atoms with E-state index >= 15 is 0 Å². The Bertz CT molecular complexity index is 613. The molecule has 0 saturated carbocycles. The zero-order valence-corrected chi connectivity index (χ0v) is 14.8. The molecule has 0 aliphatic heterocycles. The van der Waals surface area contributed by atoms with Crippen molar-refractivity contribution in [1.29, 1.82) is 0 Å². The number of ether oxygens (including phenoxy) is 2. The molecule has 0 spiro atoms. The van der Waals surface area contributed by atoms with E-state index in [1.165, 1.54) is 16.7 Å². The maximum atomic E-state index is 5.54. The van der Waals surface area contributed by atoms with Gasteiger partial charge in [0.2, 0.25) is 0 Å². The van der Waals surface area contributed by atoms with Gasteiger partial charge in [0, 0.05) is 0 Å². The van der Waals surface area contributed by atoms with Crippen LogP contribution in [0.15, 0.2) is 66.8 Å². The molecule has 0 unspecified atom stereocenters. The molecule has 2 aromatic carbocycles. The lowest BCUT2D eigenvalue weighted by molar-refractivity contribution is 0.340. The lowest BCUT2D eigenvalue weighted by Crippen LogP contribution is -1.94. The van der Waals surface area contributed by atoms with E-state index in [0.717, 1.165) is 17.9 Å². The molecule has 0 N–H and O–H groups in total. The zero-order chi connectivity index (χ0) is 17.2. The minimum atomic E-state index is 0.681. The second-order valence-electron chi connectivity index (χ2n) is 5.33. The molecule has 0 aliphatic rings. The van der Waals surface area contributed by atoms with Crippen molar-refractivity contribution in [1.82, 2.24) is 0 Å². The van der Waals surface area contributed by atoms with Crippen molar-refractivity contribution in [2.75, 3.05) is 13.2 Å². The molecule has 0 aromatic heterocycles. The van der Waals surface area contributed by atoms with Gasteiger partial charge in [-0.2, -0.15) is 0 Å². The molecule has 0 heterocycles. The molecule has 2 aromatic rings. The summed E-state index contributed by atoms with van der Waals surface area (Å²) in [7, 11) is 0. The Morgan fingerprint density at radius 3 is 1.58 bits per heavy atom. The lowest BCUT2D eigenvalue weighted by Gasteiger charge is -2.11. The van der Waals surface area contributed by atoms with Gasteiger partial charge in [0.1, 0.15) is 11.5 Å². The Labute approximate surface area is 145 Å². The second-order valence-corrected chi connectivity index (χ2v) is 5.33. The van der Waals surface area contributed by atoms with Crippen LogP contribution in [0.1, 0.15) is 38.3 Å². The smallest absolute Gasteiger partial charge is 0.119 e. The van der Waals surface area contributed by atoms with Crippen molar-refractivity contribution in [3.8, 4) is 11.5 Å². The maximum Gasteiger partial charge on any atom is 0.119 e. The highest BCUT2D eigenvalue weighted by Gasteiger charge is 2.05. The van der Waals surface area contributed by atoms with E-state index in [2.05, 4.69) is 49.4 Å². The third-order valence-electron chi connectivity index (χ3n) is 3.59. The molecular formula is C22H26O2. The second kappa shape index (κ2) is 9.61. The van der Waals surface area contributed by atoms with Crippen LogP contribution >= 0.6 is 0 Å². The molecule has 0 bridgehead atoms. The summed E-state index contributed by atoms with van der Waals surface area (Å²) in [6, 6.07) is 16.5. The molecule has 0 radical (unpaired) electrons.